The van der Waals surface area contributed by atoms with Crippen LogP contribution in [-0.4, -0.2) is 54.1 Å². The van der Waals surface area contributed by atoms with E-state index < -0.39 is 0 Å². The second-order valence-electron chi connectivity index (χ2n) is 5.05. The minimum atomic E-state index is 0.124. The van der Waals surface area contributed by atoms with Gasteiger partial charge in [0.15, 0.2) is 0 Å². The van der Waals surface area contributed by atoms with Gasteiger partial charge in [0.1, 0.15) is 12.1 Å². The Morgan fingerprint density at radius 2 is 2.05 bits per heavy atom. The van der Waals surface area contributed by atoms with E-state index in [-0.39, 0.29) is 5.92 Å². The number of hydrogen-bond acceptors (Lipinski definition) is 5. The molecule has 102 valence electrons. The van der Waals surface area contributed by atoms with Crippen molar-refractivity contribution in [2.24, 2.45) is 5.92 Å². The van der Waals surface area contributed by atoms with Crippen LogP contribution in [0.3, 0.4) is 0 Å². The summed E-state index contributed by atoms with van der Waals surface area (Å²) in [5.74, 6) is 1.81. The highest BCUT2D eigenvalue weighted by Gasteiger charge is 2.36. The zero-order valence-corrected chi connectivity index (χ0v) is 11.1. The fraction of sp³-hybridized carbons (Fsp3) is 0.615. The number of amides is 1. The van der Waals surface area contributed by atoms with Crippen LogP contribution < -0.4 is 9.64 Å². The normalized spacial score (nSPS) is 19.4. The number of anilines is 1. The predicted molar refractivity (Wildman–Crippen MR) is 70.1 cm³/mol. The van der Waals surface area contributed by atoms with Crippen molar-refractivity contribution in [1.82, 2.24) is 14.9 Å². The molecule has 2 aliphatic heterocycles. The minimum Gasteiger partial charge on any atom is -0.481 e. The molecule has 19 heavy (non-hydrogen) atoms. The number of carbonyl (C=O) groups is 1. The number of rotatable bonds is 3. The molecule has 0 unspecified atom stereocenters. The third-order valence-electron chi connectivity index (χ3n) is 3.81. The van der Waals surface area contributed by atoms with E-state index in [0.717, 1.165) is 44.8 Å². The van der Waals surface area contributed by atoms with Gasteiger partial charge in [-0.25, -0.2) is 9.97 Å². The minimum absolute atomic E-state index is 0.124. The number of aromatic nitrogens is 2. The Labute approximate surface area is 112 Å². The molecule has 0 spiro atoms. The van der Waals surface area contributed by atoms with Gasteiger partial charge in [0.05, 0.1) is 13.0 Å². The summed E-state index contributed by atoms with van der Waals surface area (Å²) < 4.78 is 5.08. The number of nitrogens with zero attached hydrogens (tertiary/aromatic N) is 4. The molecule has 0 N–H and O–H groups in total. The van der Waals surface area contributed by atoms with Gasteiger partial charge in [-0.2, -0.15) is 0 Å². The Kier molecular flexibility index (Phi) is 3.23. The number of hydrogen-bond donors (Lipinski definition) is 0. The maximum atomic E-state index is 12.2. The molecular weight excluding hydrogens is 244 g/mol. The molecule has 0 atom stereocenters. The largest absolute Gasteiger partial charge is 0.481 e. The Morgan fingerprint density at radius 1 is 1.32 bits per heavy atom. The Morgan fingerprint density at radius 3 is 2.74 bits per heavy atom. The summed E-state index contributed by atoms with van der Waals surface area (Å²) >= 11 is 0. The molecule has 1 amide bonds. The van der Waals surface area contributed by atoms with Crippen LogP contribution in [0.1, 0.15) is 12.8 Å². The molecular formula is C13H18N4O2. The van der Waals surface area contributed by atoms with Crippen LogP contribution >= 0.6 is 0 Å². The third kappa shape index (κ3) is 2.34. The first-order chi connectivity index (χ1) is 9.28. The number of likely N-dealkylation sites (tertiary alicyclic amines) is 1. The van der Waals surface area contributed by atoms with Crippen LogP contribution in [0.25, 0.3) is 0 Å². The molecule has 1 aromatic heterocycles. The molecule has 1 aromatic rings. The second-order valence-corrected chi connectivity index (χ2v) is 5.05. The van der Waals surface area contributed by atoms with Gasteiger partial charge in [-0.15, -0.1) is 0 Å². The lowest BCUT2D eigenvalue weighted by Crippen LogP contribution is -2.54. The number of methoxy groups -OCH3 is 1. The summed E-state index contributed by atoms with van der Waals surface area (Å²) in [6, 6.07) is 1.80. The fourth-order valence-corrected chi connectivity index (χ4v) is 2.63. The first-order valence-electron chi connectivity index (χ1n) is 6.67. The third-order valence-corrected chi connectivity index (χ3v) is 3.81. The lowest BCUT2D eigenvalue weighted by Gasteiger charge is -2.40. The zero-order chi connectivity index (χ0) is 13.2. The predicted octanol–water partition coefficient (Wildman–Crippen LogP) is 0.544. The molecule has 0 radical (unpaired) electrons. The molecule has 6 nitrogen and oxygen atoms in total. The molecule has 3 heterocycles. The molecule has 2 saturated heterocycles. The van der Waals surface area contributed by atoms with Crippen molar-refractivity contribution >= 4 is 11.7 Å². The van der Waals surface area contributed by atoms with Gasteiger partial charge in [-0.1, -0.05) is 0 Å². The van der Waals surface area contributed by atoms with Gasteiger partial charge >= 0.3 is 0 Å². The van der Waals surface area contributed by atoms with E-state index in [4.69, 9.17) is 4.74 Å². The van der Waals surface area contributed by atoms with Crippen LogP contribution in [-0.2, 0) is 4.79 Å². The monoisotopic (exact) mass is 262 g/mol. The van der Waals surface area contributed by atoms with Gasteiger partial charge in [0.2, 0.25) is 11.8 Å². The summed E-state index contributed by atoms with van der Waals surface area (Å²) in [4.78, 5) is 24.4. The Bertz CT molecular complexity index is 467. The van der Waals surface area contributed by atoms with Crippen molar-refractivity contribution in [2.75, 3.05) is 38.2 Å². The highest BCUT2D eigenvalue weighted by atomic mass is 16.5. The van der Waals surface area contributed by atoms with E-state index in [1.807, 2.05) is 4.90 Å². The zero-order valence-electron chi connectivity index (χ0n) is 11.1. The van der Waals surface area contributed by atoms with Crippen molar-refractivity contribution in [3.8, 4) is 5.88 Å². The van der Waals surface area contributed by atoms with E-state index >= 15 is 0 Å². The topological polar surface area (TPSA) is 58.6 Å². The van der Waals surface area contributed by atoms with E-state index in [2.05, 4.69) is 14.9 Å². The van der Waals surface area contributed by atoms with Crippen molar-refractivity contribution in [3.05, 3.63) is 12.4 Å². The standard InChI is InChI=1S/C13H18N4O2/c1-19-12-6-11(14-9-15-12)17-7-10(8-17)13(18)16-4-2-3-5-16/h6,9-10H,2-5,7-8H2,1H3. The SMILES string of the molecule is COc1cc(N2CC(C(=O)N3CCCC3)C2)ncn1. The Balaban J connectivity index is 1.58. The van der Waals surface area contributed by atoms with Gasteiger partial charge in [0.25, 0.3) is 0 Å². The quantitative estimate of drug-likeness (QED) is 0.796. The lowest BCUT2D eigenvalue weighted by atomic mass is 9.98. The molecule has 2 fully saturated rings. The maximum absolute atomic E-state index is 12.2. The maximum Gasteiger partial charge on any atom is 0.229 e. The van der Waals surface area contributed by atoms with Crippen LogP contribution in [0.5, 0.6) is 5.88 Å². The lowest BCUT2D eigenvalue weighted by molar-refractivity contribution is -0.135. The van der Waals surface area contributed by atoms with Gasteiger partial charge in [-0.05, 0) is 12.8 Å². The first-order valence-corrected chi connectivity index (χ1v) is 6.67. The highest BCUT2D eigenvalue weighted by Crippen LogP contribution is 2.26. The fourth-order valence-electron chi connectivity index (χ4n) is 2.63. The average molecular weight is 262 g/mol. The number of ether oxygens (including phenoxy) is 1. The smallest absolute Gasteiger partial charge is 0.229 e. The summed E-state index contributed by atoms with van der Waals surface area (Å²) in [7, 11) is 1.59. The second kappa shape index (κ2) is 5.03. The van der Waals surface area contributed by atoms with Crippen LogP contribution in [0.4, 0.5) is 5.82 Å². The summed E-state index contributed by atoms with van der Waals surface area (Å²) in [5.41, 5.74) is 0. The Hall–Kier alpha value is -1.85. The first kappa shape index (κ1) is 12.2. The van der Waals surface area contributed by atoms with Crippen LogP contribution in [0, 0.1) is 5.92 Å². The average Bonchev–Trinajstić information content (AvgIpc) is 2.91. The van der Waals surface area contributed by atoms with E-state index in [1.165, 1.54) is 6.33 Å². The van der Waals surface area contributed by atoms with Crippen LogP contribution in [0.2, 0.25) is 0 Å². The molecule has 0 saturated carbocycles. The van der Waals surface area contributed by atoms with Gasteiger partial charge in [0, 0.05) is 32.2 Å². The summed E-state index contributed by atoms with van der Waals surface area (Å²) in [5, 5.41) is 0. The molecule has 3 rings (SSSR count). The molecule has 0 aliphatic carbocycles. The van der Waals surface area contributed by atoms with E-state index in [0.29, 0.717) is 11.8 Å². The summed E-state index contributed by atoms with van der Waals surface area (Å²) in [6.45, 7) is 3.35. The number of carbonyl (C=O) groups excluding carboxylic acids is 1. The van der Waals surface area contributed by atoms with Crippen LogP contribution in [0.15, 0.2) is 12.4 Å². The van der Waals surface area contributed by atoms with E-state index in [9.17, 15) is 4.79 Å². The van der Waals surface area contributed by atoms with Crippen molar-refractivity contribution in [1.29, 1.82) is 0 Å². The molecule has 2 aliphatic rings. The van der Waals surface area contributed by atoms with E-state index in [1.54, 1.807) is 13.2 Å². The van der Waals surface area contributed by atoms with Gasteiger partial charge < -0.3 is 14.5 Å². The molecule has 0 aromatic carbocycles. The summed E-state index contributed by atoms with van der Waals surface area (Å²) in [6.07, 6.45) is 3.78. The molecule has 6 heteroatoms. The van der Waals surface area contributed by atoms with Gasteiger partial charge in [-0.3, -0.25) is 4.79 Å². The molecule has 0 bridgehead atoms. The van der Waals surface area contributed by atoms with Crippen molar-refractivity contribution in [2.45, 2.75) is 12.8 Å². The van der Waals surface area contributed by atoms with Crippen molar-refractivity contribution in [3.63, 3.8) is 0 Å². The van der Waals surface area contributed by atoms with Crippen molar-refractivity contribution < 1.29 is 9.53 Å². The highest BCUT2D eigenvalue weighted by molar-refractivity contribution is 5.82.